The van der Waals surface area contributed by atoms with Crippen molar-refractivity contribution in [3.8, 4) is 0 Å². The Morgan fingerprint density at radius 2 is 1.94 bits per heavy atom. The van der Waals surface area contributed by atoms with Crippen molar-refractivity contribution in [2.75, 3.05) is 13.1 Å². The molecule has 1 amide bonds. The summed E-state index contributed by atoms with van der Waals surface area (Å²) in [5.74, 6) is -0.485. The van der Waals surface area contributed by atoms with Gasteiger partial charge in [-0.2, -0.15) is 13.2 Å². The number of hydrogen-bond acceptors (Lipinski definition) is 3. The van der Waals surface area contributed by atoms with Gasteiger partial charge in [-0.1, -0.05) is 12.8 Å². The SMILES string of the molecule is NCC1(C(=O)NCC(O)C(F)(F)F)CCCC1. The summed E-state index contributed by atoms with van der Waals surface area (Å²) < 4.78 is 36.1. The van der Waals surface area contributed by atoms with E-state index in [0.29, 0.717) is 12.8 Å². The molecule has 4 N–H and O–H groups in total. The monoisotopic (exact) mass is 254 g/mol. The van der Waals surface area contributed by atoms with Crippen LogP contribution in [-0.2, 0) is 4.79 Å². The van der Waals surface area contributed by atoms with E-state index in [-0.39, 0.29) is 6.54 Å². The van der Waals surface area contributed by atoms with E-state index in [2.05, 4.69) is 5.32 Å². The predicted octanol–water partition coefficient (Wildman–Crippen LogP) is 0.545. The van der Waals surface area contributed by atoms with Gasteiger partial charge in [0.15, 0.2) is 6.10 Å². The van der Waals surface area contributed by atoms with Crippen LogP contribution in [-0.4, -0.2) is 36.4 Å². The minimum absolute atomic E-state index is 0.126. The minimum atomic E-state index is -4.71. The number of nitrogens with two attached hydrogens (primary N) is 1. The first-order valence-electron chi connectivity index (χ1n) is 5.55. The van der Waals surface area contributed by atoms with Crippen LogP contribution in [0.1, 0.15) is 25.7 Å². The largest absolute Gasteiger partial charge is 0.416 e. The molecule has 0 spiro atoms. The van der Waals surface area contributed by atoms with Crippen LogP contribution >= 0.6 is 0 Å². The summed E-state index contributed by atoms with van der Waals surface area (Å²) in [7, 11) is 0. The van der Waals surface area contributed by atoms with E-state index < -0.39 is 30.1 Å². The summed E-state index contributed by atoms with van der Waals surface area (Å²) >= 11 is 0. The van der Waals surface area contributed by atoms with Gasteiger partial charge in [0.2, 0.25) is 5.91 Å². The summed E-state index contributed by atoms with van der Waals surface area (Å²) in [6.45, 7) is -0.689. The van der Waals surface area contributed by atoms with Gasteiger partial charge in [-0.15, -0.1) is 0 Å². The normalized spacial score (nSPS) is 21.2. The lowest BCUT2D eigenvalue weighted by atomic mass is 9.85. The summed E-state index contributed by atoms with van der Waals surface area (Å²) in [5.41, 5.74) is 4.77. The number of rotatable bonds is 4. The number of aliphatic hydroxyl groups excluding tert-OH is 1. The van der Waals surface area contributed by atoms with Crippen LogP contribution in [0.3, 0.4) is 0 Å². The number of halogens is 3. The van der Waals surface area contributed by atoms with Gasteiger partial charge in [0, 0.05) is 6.54 Å². The van der Waals surface area contributed by atoms with Gasteiger partial charge in [-0.3, -0.25) is 4.79 Å². The molecule has 1 fully saturated rings. The van der Waals surface area contributed by atoms with Gasteiger partial charge >= 0.3 is 6.18 Å². The first-order chi connectivity index (χ1) is 7.82. The Hall–Kier alpha value is -0.820. The van der Waals surface area contributed by atoms with Gasteiger partial charge in [0.25, 0.3) is 0 Å². The van der Waals surface area contributed by atoms with Crippen molar-refractivity contribution in [3.63, 3.8) is 0 Å². The van der Waals surface area contributed by atoms with Crippen LogP contribution in [0, 0.1) is 5.41 Å². The number of alkyl halides is 3. The molecule has 0 radical (unpaired) electrons. The molecule has 1 aliphatic rings. The molecule has 0 bridgehead atoms. The first kappa shape index (κ1) is 14.2. The summed E-state index contributed by atoms with van der Waals surface area (Å²) in [6.07, 6.45) is -4.34. The van der Waals surface area contributed by atoms with Crippen LogP contribution < -0.4 is 11.1 Å². The van der Waals surface area contributed by atoms with E-state index in [1.165, 1.54) is 0 Å². The van der Waals surface area contributed by atoms with Crippen LogP contribution in [0.2, 0.25) is 0 Å². The summed E-state index contributed by atoms with van der Waals surface area (Å²) in [4.78, 5) is 11.8. The molecular formula is C10H17F3N2O2. The Bertz CT molecular complexity index is 275. The zero-order chi connectivity index (χ0) is 13.1. The molecule has 4 nitrogen and oxygen atoms in total. The Balaban J connectivity index is 2.49. The van der Waals surface area contributed by atoms with Crippen molar-refractivity contribution in [1.82, 2.24) is 5.32 Å². The van der Waals surface area contributed by atoms with Crippen molar-refractivity contribution < 1.29 is 23.1 Å². The van der Waals surface area contributed by atoms with E-state index >= 15 is 0 Å². The maximum atomic E-state index is 12.0. The minimum Gasteiger partial charge on any atom is -0.382 e. The second-order valence-electron chi connectivity index (χ2n) is 4.46. The fourth-order valence-corrected chi connectivity index (χ4v) is 2.07. The van der Waals surface area contributed by atoms with E-state index in [1.54, 1.807) is 0 Å². The van der Waals surface area contributed by atoms with Gasteiger partial charge in [-0.25, -0.2) is 0 Å². The molecule has 1 rings (SSSR count). The van der Waals surface area contributed by atoms with Crippen LogP contribution in [0.15, 0.2) is 0 Å². The van der Waals surface area contributed by atoms with E-state index in [0.717, 1.165) is 12.8 Å². The quantitative estimate of drug-likeness (QED) is 0.685. The number of hydrogen-bond donors (Lipinski definition) is 3. The molecule has 0 aromatic rings. The lowest BCUT2D eigenvalue weighted by Crippen LogP contribution is -2.48. The summed E-state index contributed by atoms with van der Waals surface area (Å²) in [6, 6.07) is 0. The maximum Gasteiger partial charge on any atom is 0.416 e. The molecular weight excluding hydrogens is 237 g/mol. The Kier molecular flexibility index (Phi) is 4.37. The third-order valence-electron chi connectivity index (χ3n) is 3.27. The molecule has 7 heteroatoms. The fraction of sp³-hybridized carbons (Fsp3) is 0.900. The maximum absolute atomic E-state index is 12.0. The highest BCUT2D eigenvalue weighted by atomic mass is 19.4. The Labute approximate surface area is 97.4 Å². The second-order valence-corrected chi connectivity index (χ2v) is 4.46. The molecule has 17 heavy (non-hydrogen) atoms. The zero-order valence-electron chi connectivity index (χ0n) is 9.39. The smallest absolute Gasteiger partial charge is 0.382 e. The molecule has 1 unspecified atom stereocenters. The number of aliphatic hydroxyl groups is 1. The standard InChI is InChI=1S/C10H17F3N2O2/c11-10(12,13)7(16)5-15-8(17)9(6-14)3-1-2-4-9/h7,16H,1-6,14H2,(H,15,17). The molecule has 1 aliphatic carbocycles. The number of amides is 1. The highest BCUT2D eigenvalue weighted by molar-refractivity contribution is 5.83. The van der Waals surface area contributed by atoms with Gasteiger partial charge in [-0.05, 0) is 12.8 Å². The van der Waals surface area contributed by atoms with E-state index in [4.69, 9.17) is 10.8 Å². The highest BCUT2D eigenvalue weighted by Gasteiger charge is 2.42. The molecule has 100 valence electrons. The third kappa shape index (κ3) is 3.32. The van der Waals surface area contributed by atoms with Crippen molar-refractivity contribution >= 4 is 5.91 Å². The summed E-state index contributed by atoms with van der Waals surface area (Å²) in [5, 5.41) is 10.9. The molecule has 0 saturated heterocycles. The molecule has 0 aromatic carbocycles. The average molecular weight is 254 g/mol. The number of carbonyl (C=O) groups is 1. The van der Waals surface area contributed by atoms with Gasteiger partial charge < -0.3 is 16.2 Å². The van der Waals surface area contributed by atoms with Crippen LogP contribution in [0.5, 0.6) is 0 Å². The molecule has 0 heterocycles. The van der Waals surface area contributed by atoms with E-state index in [9.17, 15) is 18.0 Å². The lowest BCUT2D eigenvalue weighted by Gasteiger charge is -2.26. The lowest BCUT2D eigenvalue weighted by molar-refractivity contribution is -0.202. The fourth-order valence-electron chi connectivity index (χ4n) is 2.07. The Morgan fingerprint density at radius 3 is 2.35 bits per heavy atom. The average Bonchev–Trinajstić information content (AvgIpc) is 2.73. The number of nitrogens with one attached hydrogen (secondary N) is 1. The highest BCUT2D eigenvalue weighted by Crippen LogP contribution is 2.37. The molecule has 0 aromatic heterocycles. The molecule has 1 saturated carbocycles. The van der Waals surface area contributed by atoms with Gasteiger partial charge in [0.05, 0.1) is 12.0 Å². The van der Waals surface area contributed by atoms with Crippen molar-refractivity contribution in [2.24, 2.45) is 11.1 Å². The van der Waals surface area contributed by atoms with Crippen molar-refractivity contribution in [3.05, 3.63) is 0 Å². The predicted molar refractivity (Wildman–Crippen MR) is 55.0 cm³/mol. The van der Waals surface area contributed by atoms with Crippen LogP contribution in [0.4, 0.5) is 13.2 Å². The Morgan fingerprint density at radius 1 is 1.41 bits per heavy atom. The third-order valence-corrected chi connectivity index (χ3v) is 3.27. The van der Waals surface area contributed by atoms with Crippen molar-refractivity contribution in [1.29, 1.82) is 0 Å². The molecule has 0 aliphatic heterocycles. The van der Waals surface area contributed by atoms with Crippen molar-refractivity contribution in [2.45, 2.75) is 38.0 Å². The second kappa shape index (κ2) is 5.22. The van der Waals surface area contributed by atoms with Gasteiger partial charge in [0.1, 0.15) is 0 Å². The van der Waals surface area contributed by atoms with Crippen LogP contribution in [0.25, 0.3) is 0 Å². The first-order valence-corrected chi connectivity index (χ1v) is 5.55. The topological polar surface area (TPSA) is 75.4 Å². The number of carbonyl (C=O) groups excluding carboxylic acids is 1. The van der Waals surface area contributed by atoms with E-state index in [1.807, 2.05) is 0 Å². The molecule has 1 atom stereocenters. The zero-order valence-corrected chi connectivity index (χ0v) is 9.39.